The molecule has 0 radical (unpaired) electrons. The Morgan fingerprint density at radius 2 is 1.86 bits per heavy atom. The summed E-state index contributed by atoms with van der Waals surface area (Å²) in [5.41, 5.74) is 2.27. The number of ether oxygens (including phenoxy) is 1. The molecule has 2 aromatic carbocycles. The normalized spacial score (nSPS) is 10.6. The number of rotatable bonds is 9. The molecule has 146 valence electrons. The van der Waals surface area contributed by atoms with Crippen LogP contribution in [0.3, 0.4) is 0 Å². The van der Waals surface area contributed by atoms with Crippen LogP contribution in [-0.4, -0.2) is 29.0 Å². The Hall–Kier alpha value is -2.80. The highest BCUT2D eigenvalue weighted by molar-refractivity contribution is 7.99. The quantitative estimate of drug-likeness (QED) is 0.423. The zero-order valence-electron chi connectivity index (χ0n) is 16.0. The van der Waals surface area contributed by atoms with Crippen molar-refractivity contribution in [1.29, 1.82) is 0 Å². The highest BCUT2D eigenvalue weighted by Gasteiger charge is 2.10. The van der Waals surface area contributed by atoms with Gasteiger partial charge in [-0.1, -0.05) is 34.9 Å². The van der Waals surface area contributed by atoms with E-state index in [1.54, 1.807) is 18.9 Å². The number of nitrogens with one attached hydrogen (secondary N) is 1. The van der Waals surface area contributed by atoms with Gasteiger partial charge >= 0.3 is 6.01 Å². The summed E-state index contributed by atoms with van der Waals surface area (Å²) < 4.78 is 10.6. The number of nitrogens with zero attached hydrogens (tertiary/aromatic N) is 2. The molecule has 0 aliphatic carbocycles. The van der Waals surface area contributed by atoms with Gasteiger partial charge in [0, 0.05) is 11.3 Å². The van der Waals surface area contributed by atoms with Crippen molar-refractivity contribution in [2.24, 2.45) is 0 Å². The molecule has 0 bridgehead atoms. The summed E-state index contributed by atoms with van der Waals surface area (Å²) in [6.07, 6.45) is 1.69. The maximum Gasteiger partial charge on any atom is 0.322 e. The molecule has 0 unspecified atom stereocenters. The molecule has 0 aliphatic rings. The second-order valence-electron chi connectivity index (χ2n) is 6.34. The minimum atomic E-state index is -0.121. The third-order valence-electron chi connectivity index (χ3n) is 4.07. The van der Waals surface area contributed by atoms with Gasteiger partial charge in [0.15, 0.2) is 0 Å². The number of aryl methyl sites for hydroxylation is 1. The lowest BCUT2D eigenvalue weighted by molar-refractivity contribution is -0.116. The lowest BCUT2D eigenvalue weighted by atomic mass is 10.1. The highest BCUT2D eigenvalue weighted by Crippen LogP contribution is 2.20. The van der Waals surface area contributed by atoms with E-state index < -0.39 is 0 Å². The zero-order valence-corrected chi connectivity index (χ0v) is 16.8. The summed E-state index contributed by atoms with van der Waals surface area (Å²) in [6.45, 7) is 2.07. The van der Waals surface area contributed by atoms with Crippen LogP contribution in [0.4, 0.5) is 6.01 Å². The van der Waals surface area contributed by atoms with Crippen molar-refractivity contribution in [2.75, 3.05) is 18.2 Å². The first-order valence-corrected chi connectivity index (χ1v) is 10.1. The number of hydrogen-bond donors (Lipinski definition) is 1. The predicted molar refractivity (Wildman–Crippen MR) is 110 cm³/mol. The first kappa shape index (κ1) is 19.9. The maximum atomic E-state index is 12.0. The molecule has 3 rings (SSSR count). The third kappa shape index (κ3) is 6.13. The molecule has 1 N–H and O–H groups in total. The number of methoxy groups -OCH3 is 1. The molecule has 28 heavy (non-hydrogen) atoms. The van der Waals surface area contributed by atoms with Crippen LogP contribution in [-0.2, 0) is 11.2 Å². The first-order valence-electron chi connectivity index (χ1n) is 9.07. The number of carbonyl (C=O) groups excluding carboxylic acids is 1. The molecule has 3 aromatic rings. The van der Waals surface area contributed by atoms with Crippen molar-refractivity contribution in [3.05, 3.63) is 65.5 Å². The summed E-state index contributed by atoms with van der Waals surface area (Å²) in [7, 11) is 1.63. The van der Waals surface area contributed by atoms with Gasteiger partial charge in [0.25, 0.3) is 0 Å². The van der Waals surface area contributed by atoms with Gasteiger partial charge in [-0.3, -0.25) is 10.1 Å². The number of hydrogen-bond acceptors (Lipinski definition) is 6. The van der Waals surface area contributed by atoms with E-state index in [2.05, 4.69) is 46.7 Å². The monoisotopic (exact) mass is 397 g/mol. The fourth-order valence-electron chi connectivity index (χ4n) is 2.53. The molecular formula is C21H23N3O3S. The molecule has 0 saturated heterocycles. The molecule has 6 nitrogen and oxygen atoms in total. The van der Waals surface area contributed by atoms with Gasteiger partial charge < -0.3 is 9.15 Å². The molecule has 0 spiro atoms. The first-order chi connectivity index (χ1) is 13.6. The van der Waals surface area contributed by atoms with Crippen LogP contribution in [0.25, 0.3) is 0 Å². The Morgan fingerprint density at radius 1 is 1.11 bits per heavy atom. The van der Waals surface area contributed by atoms with Gasteiger partial charge in [-0.25, -0.2) is 0 Å². The van der Waals surface area contributed by atoms with Gasteiger partial charge in [-0.2, -0.15) is 0 Å². The van der Waals surface area contributed by atoms with Crippen LogP contribution in [0.2, 0.25) is 0 Å². The summed E-state index contributed by atoms with van der Waals surface area (Å²) in [5.74, 6) is 2.01. The minimum Gasteiger partial charge on any atom is -0.497 e. The van der Waals surface area contributed by atoms with Crippen molar-refractivity contribution in [3.8, 4) is 5.75 Å². The maximum absolute atomic E-state index is 12.0. The molecular weight excluding hydrogens is 374 g/mol. The van der Waals surface area contributed by atoms with Gasteiger partial charge in [-0.15, -0.1) is 16.9 Å². The van der Waals surface area contributed by atoms with E-state index in [-0.39, 0.29) is 11.9 Å². The van der Waals surface area contributed by atoms with Crippen LogP contribution in [0, 0.1) is 6.92 Å². The van der Waals surface area contributed by atoms with Crippen molar-refractivity contribution < 1.29 is 13.9 Å². The van der Waals surface area contributed by atoms with Gasteiger partial charge in [0.05, 0.1) is 13.5 Å². The van der Waals surface area contributed by atoms with Crippen molar-refractivity contribution >= 4 is 23.7 Å². The SMILES string of the molecule is COc1ccc(Cc2nnc(NC(=O)CCCSc3ccc(C)cc3)o2)cc1. The number of carbonyl (C=O) groups is 1. The van der Waals surface area contributed by atoms with Gasteiger partial charge in [0.1, 0.15) is 5.75 Å². The minimum absolute atomic E-state index is 0.121. The largest absolute Gasteiger partial charge is 0.497 e. The fourth-order valence-corrected chi connectivity index (χ4v) is 3.39. The zero-order chi connectivity index (χ0) is 19.8. The smallest absolute Gasteiger partial charge is 0.322 e. The molecule has 0 aliphatic heterocycles. The average molecular weight is 398 g/mol. The molecule has 1 aromatic heterocycles. The standard InChI is InChI=1S/C21H23N3O3S/c1-15-5-11-18(12-6-15)28-13-3-4-19(25)22-21-24-23-20(27-21)14-16-7-9-17(26-2)10-8-16/h5-12H,3-4,13-14H2,1-2H3,(H,22,24,25). The van der Waals surface area contributed by atoms with Crippen LogP contribution in [0.15, 0.2) is 57.8 Å². The van der Waals surface area contributed by atoms with Crippen LogP contribution in [0.1, 0.15) is 29.9 Å². The topological polar surface area (TPSA) is 77.3 Å². The fraction of sp³-hybridized carbons (Fsp3) is 0.286. The molecule has 7 heteroatoms. The summed E-state index contributed by atoms with van der Waals surface area (Å²) in [4.78, 5) is 13.3. The van der Waals surface area contributed by atoms with Crippen molar-refractivity contribution in [2.45, 2.75) is 31.1 Å². The van der Waals surface area contributed by atoms with Gasteiger partial charge in [0.2, 0.25) is 11.8 Å². The Kier molecular flexibility index (Phi) is 7.08. The van der Waals surface area contributed by atoms with E-state index in [4.69, 9.17) is 9.15 Å². The number of aromatic nitrogens is 2. The molecule has 0 fully saturated rings. The lowest BCUT2D eigenvalue weighted by Gasteiger charge is -2.03. The second kappa shape index (κ2) is 9.94. The van der Waals surface area contributed by atoms with E-state index in [1.807, 2.05) is 24.3 Å². The number of thioether (sulfide) groups is 1. The summed E-state index contributed by atoms with van der Waals surface area (Å²) in [5, 5.41) is 10.5. The second-order valence-corrected chi connectivity index (χ2v) is 7.51. The van der Waals surface area contributed by atoms with E-state index in [0.717, 1.165) is 23.5 Å². The van der Waals surface area contributed by atoms with Crippen molar-refractivity contribution in [1.82, 2.24) is 10.2 Å². The molecule has 0 saturated carbocycles. The van der Waals surface area contributed by atoms with Crippen molar-refractivity contribution in [3.63, 3.8) is 0 Å². The van der Waals surface area contributed by atoms with Gasteiger partial charge in [-0.05, 0) is 48.9 Å². The number of amides is 1. The van der Waals surface area contributed by atoms with Crippen LogP contribution >= 0.6 is 11.8 Å². The Balaban J connectivity index is 1.40. The average Bonchev–Trinajstić information content (AvgIpc) is 3.14. The molecule has 1 heterocycles. The Morgan fingerprint density at radius 3 is 2.57 bits per heavy atom. The summed E-state index contributed by atoms with van der Waals surface area (Å²) in [6, 6.07) is 16.2. The third-order valence-corrected chi connectivity index (χ3v) is 5.16. The summed E-state index contributed by atoms with van der Waals surface area (Å²) >= 11 is 1.75. The highest BCUT2D eigenvalue weighted by atomic mass is 32.2. The molecule has 1 amide bonds. The van der Waals surface area contributed by atoms with E-state index in [9.17, 15) is 4.79 Å². The number of anilines is 1. The Bertz CT molecular complexity index is 892. The van der Waals surface area contributed by atoms with E-state index in [1.165, 1.54) is 10.5 Å². The predicted octanol–water partition coefficient (Wildman–Crippen LogP) is 4.49. The van der Waals surface area contributed by atoms with Crippen LogP contribution < -0.4 is 10.1 Å². The van der Waals surface area contributed by atoms with E-state index in [0.29, 0.717) is 18.7 Å². The van der Waals surface area contributed by atoms with Crippen LogP contribution in [0.5, 0.6) is 5.75 Å². The molecule has 0 atom stereocenters. The Labute approximate surface area is 168 Å². The lowest BCUT2D eigenvalue weighted by Crippen LogP contribution is -2.11. The number of benzene rings is 2. The van der Waals surface area contributed by atoms with E-state index >= 15 is 0 Å².